The average Bonchev–Trinajstić information content (AvgIpc) is 3.86. The molecule has 0 amide bonds. The van der Waals surface area contributed by atoms with Crippen molar-refractivity contribution in [1.82, 2.24) is 24.9 Å². The van der Waals surface area contributed by atoms with Crippen molar-refractivity contribution < 1.29 is 26.5 Å². The van der Waals surface area contributed by atoms with E-state index in [-0.39, 0.29) is 16.9 Å². The van der Waals surface area contributed by atoms with Crippen LogP contribution in [0.1, 0.15) is 11.4 Å². The largest absolute Gasteiger partial charge is 0.493 e. The molecule has 6 aromatic rings. The number of aryl methyl sites for hydroxylation is 3. The number of H-pyrrole nitrogens is 1. The van der Waals surface area contributed by atoms with E-state index in [0.717, 1.165) is 54.6 Å². The third-order valence-electron chi connectivity index (χ3n) is 9.51. The van der Waals surface area contributed by atoms with E-state index >= 15 is 0 Å². The van der Waals surface area contributed by atoms with Gasteiger partial charge in [0.05, 0.1) is 73.3 Å². The number of anilines is 6. The molecule has 1 fully saturated rings. The summed E-state index contributed by atoms with van der Waals surface area (Å²) in [4.78, 5) is 26.8. The molecule has 3 aliphatic rings. The Morgan fingerprint density at radius 2 is 1.35 bits per heavy atom. The predicted octanol–water partition coefficient (Wildman–Crippen LogP) is 5.34. The minimum absolute atomic E-state index is 0.0940. The molecule has 0 radical (unpaired) electrons. The Kier molecular flexibility index (Phi) is 10.3. The summed E-state index contributed by atoms with van der Waals surface area (Å²) in [5, 5.41) is 6.22. The molecule has 13 nitrogen and oxygen atoms in total. The smallest absolute Gasteiger partial charge is 0.358 e. The summed E-state index contributed by atoms with van der Waals surface area (Å²) in [5.74, 6) is 3.66. The zero-order valence-corrected chi connectivity index (χ0v) is 32.2. The van der Waals surface area contributed by atoms with E-state index in [4.69, 9.17) is 26.3 Å². The van der Waals surface area contributed by atoms with Gasteiger partial charge in [-0.25, -0.2) is 28.3 Å². The van der Waals surface area contributed by atoms with Crippen LogP contribution in [0.25, 0.3) is 11.0 Å². The Morgan fingerprint density at radius 1 is 0.782 bits per heavy atom. The second-order valence-electron chi connectivity index (χ2n) is 13.0. The number of hydrogen-bond acceptors (Lipinski definition) is 11. The number of piperazine rings is 1. The van der Waals surface area contributed by atoms with Crippen molar-refractivity contribution in [3.05, 3.63) is 95.0 Å². The highest BCUT2D eigenvalue weighted by Crippen LogP contribution is 2.33. The van der Waals surface area contributed by atoms with Crippen LogP contribution in [0.5, 0.6) is 5.75 Å². The van der Waals surface area contributed by atoms with E-state index in [1.54, 1.807) is 31.4 Å². The van der Waals surface area contributed by atoms with Crippen molar-refractivity contribution in [2.45, 2.75) is 22.6 Å². The molecule has 3 aromatic heterocycles. The molecule has 0 saturated carbocycles. The maximum atomic E-state index is 13.7. The van der Waals surface area contributed by atoms with Gasteiger partial charge in [0.25, 0.3) is 0 Å². The number of nitrogens with one attached hydrogen (secondary N) is 3. The normalized spacial score (nSPS) is 17.4. The molecule has 3 aromatic carbocycles. The number of para-hydroxylation sites is 1. The molecule has 18 heteroatoms. The highest BCUT2D eigenvalue weighted by atomic mass is 35.5. The lowest BCUT2D eigenvalue weighted by Crippen LogP contribution is -2.50. The molecule has 1 saturated heterocycles. The fraction of sp³-hybridized carbons (Fsp3) is 0.270. The Morgan fingerprint density at radius 3 is 1.95 bits per heavy atom. The molecular weight excluding hydrogens is 770 g/mol. The predicted molar refractivity (Wildman–Crippen MR) is 209 cm³/mol. The highest BCUT2D eigenvalue weighted by molar-refractivity contribution is 7.85. The Labute approximate surface area is 325 Å². The fourth-order valence-electron chi connectivity index (χ4n) is 6.88. The molecule has 2 atom stereocenters. The summed E-state index contributed by atoms with van der Waals surface area (Å²) >= 11 is 5.84. The van der Waals surface area contributed by atoms with Crippen molar-refractivity contribution in [1.29, 1.82) is 0 Å². The van der Waals surface area contributed by atoms with Gasteiger partial charge in [0.1, 0.15) is 26.9 Å². The van der Waals surface area contributed by atoms with Gasteiger partial charge in [0.15, 0.2) is 22.9 Å². The van der Waals surface area contributed by atoms with Gasteiger partial charge in [-0.3, -0.25) is 13.3 Å². The number of halogens is 3. The summed E-state index contributed by atoms with van der Waals surface area (Å²) in [5.41, 5.74) is 4.64. The van der Waals surface area contributed by atoms with Crippen molar-refractivity contribution >= 4 is 79.1 Å². The molecule has 284 valence electrons. The number of fused-ring (bicyclic) bond motifs is 3. The lowest BCUT2D eigenvalue weighted by Gasteiger charge is -2.32. The Hall–Kier alpha value is -5.26. The molecule has 55 heavy (non-hydrogen) atoms. The molecular formula is C37H36ClF2N10O3S2+. The van der Waals surface area contributed by atoms with E-state index in [0.29, 0.717) is 68.8 Å². The number of ether oxygens (including phenoxy) is 1. The number of aromatic amines is 1. The van der Waals surface area contributed by atoms with Crippen LogP contribution in [-0.2, 0) is 41.5 Å². The number of methoxy groups -OCH3 is 1. The van der Waals surface area contributed by atoms with Crippen LogP contribution in [0.15, 0.2) is 76.5 Å². The van der Waals surface area contributed by atoms with E-state index < -0.39 is 21.6 Å². The first-order valence-electron chi connectivity index (χ1n) is 17.5. The molecule has 0 spiro atoms. The van der Waals surface area contributed by atoms with Gasteiger partial charge in [-0.15, -0.1) is 0 Å². The van der Waals surface area contributed by atoms with Crippen LogP contribution >= 0.6 is 11.6 Å². The summed E-state index contributed by atoms with van der Waals surface area (Å²) in [6.45, 7) is 3.02. The lowest BCUT2D eigenvalue weighted by molar-refractivity contribution is -0.631. The van der Waals surface area contributed by atoms with Crippen molar-refractivity contribution in [3.8, 4) is 5.75 Å². The number of nitrogens with zero attached hydrogens (tertiary/aromatic N) is 7. The second kappa shape index (κ2) is 15.5. The van der Waals surface area contributed by atoms with Crippen LogP contribution in [-0.4, -0.2) is 78.1 Å². The Balaban J connectivity index is 0.000000189. The second-order valence-corrected chi connectivity index (χ2v) is 16.3. The van der Waals surface area contributed by atoms with Crippen molar-refractivity contribution in [2.24, 2.45) is 7.05 Å². The number of hydrogen-bond donors (Lipinski definition) is 3. The van der Waals surface area contributed by atoms with Crippen LogP contribution in [0.2, 0.25) is 5.28 Å². The number of rotatable bonds is 7. The fourth-order valence-corrected chi connectivity index (χ4v) is 9.68. The minimum atomic E-state index is -1.17. The summed E-state index contributed by atoms with van der Waals surface area (Å²) in [6.07, 6.45) is 1.25. The summed E-state index contributed by atoms with van der Waals surface area (Å²) < 4.78 is 59.2. The van der Waals surface area contributed by atoms with E-state index in [1.807, 2.05) is 19.2 Å². The third kappa shape index (κ3) is 7.55. The zero-order valence-electron chi connectivity index (χ0n) is 29.8. The lowest BCUT2D eigenvalue weighted by atomic mass is 10.3. The van der Waals surface area contributed by atoms with Crippen LogP contribution < -0.4 is 29.7 Å². The molecule has 3 aliphatic heterocycles. The molecule has 0 bridgehead atoms. The molecule has 0 aliphatic carbocycles. The molecule has 6 heterocycles. The zero-order chi connectivity index (χ0) is 38.2. The van der Waals surface area contributed by atoms with Gasteiger partial charge in [-0.2, -0.15) is 9.97 Å². The van der Waals surface area contributed by atoms with Gasteiger partial charge in [0, 0.05) is 35.7 Å². The van der Waals surface area contributed by atoms with Crippen molar-refractivity contribution in [2.75, 3.05) is 65.2 Å². The first kappa shape index (κ1) is 36.7. The molecule has 2 unspecified atom stereocenters. The maximum Gasteiger partial charge on any atom is 0.358 e. The molecule has 3 N–H and O–H groups in total. The van der Waals surface area contributed by atoms with Gasteiger partial charge in [-0.1, -0.05) is 18.2 Å². The topological polar surface area (TPSA) is 145 Å². The van der Waals surface area contributed by atoms with Gasteiger partial charge in [-0.05, 0) is 60.1 Å². The number of benzene rings is 3. The van der Waals surface area contributed by atoms with E-state index in [9.17, 15) is 17.2 Å². The van der Waals surface area contributed by atoms with Crippen molar-refractivity contribution in [3.63, 3.8) is 0 Å². The standard InChI is InChI=1S/C25H26FN7O2S.C12H9ClFN3OS/c1-31-19-7-4-8-20(35-2)21(19)29-25(31)33-12-10-32(11-13-33)24-28-18-9-14-36(34)22(18)23(30-24)27-17-6-3-5-16(26)15-17;13-12-16-9-4-5-19(18)10(9)11(17-12)15-8-3-1-2-7(14)6-8/h3-8,15H,9-14H2,1-2H3,(H,27,28,30);1-3,6H,4-5H2,(H,15,16,17)/p+1. The molecule has 9 rings (SSSR count). The maximum absolute atomic E-state index is 13.7. The van der Waals surface area contributed by atoms with Crippen LogP contribution in [0.3, 0.4) is 0 Å². The third-order valence-corrected chi connectivity index (χ3v) is 12.6. The number of aromatic nitrogens is 6. The van der Waals surface area contributed by atoms with E-state index in [2.05, 4.69) is 46.0 Å². The minimum Gasteiger partial charge on any atom is -0.493 e. The van der Waals surface area contributed by atoms with Crippen LogP contribution in [0, 0.1) is 11.6 Å². The van der Waals surface area contributed by atoms with E-state index in [1.165, 1.54) is 24.3 Å². The first-order valence-corrected chi connectivity index (χ1v) is 20.5. The first-order chi connectivity index (χ1) is 26.6. The van der Waals surface area contributed by atoms with Crippen LogP contribution in [0.4, 0.5) is 43.7 Å². The monoisotopic (exact) mass is 805 g/mol. The van der Waals surface area contributed by atoms with Gasteiger partial charge >= 0.3 is 5.95 Å². The highest BCUT2D eigenvalue weighted by Gasteiger charge is 2.32. The van der Waals surface area contributed by atoms with Gasteiger partial charge < -0.3 is 20.3 Å². The summed E-state index contributed by atoms with van der Waals surface area (Å²) in [6, 6.07) is 18.2. The SMILES string of the molecule is COc1cccc2c1[nH]c(N1CCN(c3nc4c(c(Nc5cccc(F)c5)n3)S(=O)CC4)CC1)[n+]2C.O=S1CCc2nc(Cl)nc(Nc3cccc(F)c3)c21. The number of imidazole rings is 1. The van der Waals surface area contributed by atoms with Gasteiger partial charge in [0.2, 0.25) is 11.2 Å². The summed E-state index contributed by atoms with van der Waals surface area (Å²) in [7, 11) is 1.42. The average molecular weight is 806 g/mol. The quantitative estimate of drug-likeness (QED) is 0.142. The Bertz CT molecular complexity index is 2480.